The predicted octanol–water partition coefficient (Wildman–Crippen LogP) is 6.40. The molecule has 4 aromatic rings. The lowest BCUT2D eigenvalue weighted by Gasteiger charge is -2.27. The highest BCUT2D eigenvalue weighted by Gasteiger charge is 2.20. The van der Waals surface area contributed by atoms with Crippen LogP contribution in [0, 0.1) is 11.3 Å². The third-order valence-corrected chi connectivity index (χ3v) is 7.88. The summed E-state index contributed by atoms with van der Waals surface area (Å²) in [6, 6.07) is 22.3. The number of hydrogen-bond donors (Lipinski definition) is 2. The van der Waals surface area contributed by atoms with Crippen LogP contribution in [0.3, 0.4) is 0 Å². The van der Waals surface area contributed by atoms with E-state index < -0.39 is 0 Å². The smallest absolute Gasteiger partial charge is 0.248 e. The molecule has 1 saturated carbocycles. The summed E-state index contributed by atoms with van der Waals surface area (Å²) in [5, 5.41) is 16.6. The highest BCUT2D eigenvalue weighted by Crippen LogP contribution is 2.32. The van der Waals surface area contributed by atoms with Gasteiger partial charge in [-0.1, -0.05) is 41.9 Å². The first-order chi connectivity index (χ1) is 20.0. The lowest BCUT2D eigenvalue weighted by Crippen LogP contribution is -2.35. The molecule has 2 heterocycles. The lowest BCUT2D eigenvalue weighted by molar-refractivity contribution is -0.111. The first-order valence-corrected chi connectivity index (χ1v) is 14.0. The summed E-state index contributed by atoms with van der Waals surface area (Å²) in [6.45, 7) is 0.581. The molecule has 208 valence electrons. The van der Waals surface area contributed by atoms with Crippen molar-refractivity contribution in [3.05, 3.63) is 107 Å². The number of carbonyl (C=O) groups is 2. The van der Waals surface area contributed by atoms with E-state index in [2.05, 4.69) is 16.7 Å². The van der Waals surface area contributed by atoms with Crippen molar-refractivity contribution < 1.29 is 14.3 Å². The van der Waals surface area contributed by atoms with E-state index >= 15 is 0 Å². The molecule has 5 rings (SSSR count). The molecule has 0 spiro atoms. The minimum atomic E-state index is -0.338. The second-order valence-corrected chi connectivity index (χ2v) is 10.5. The Morgan fingerprint density at radius 3 is 2.59 bits per heavy atom. The van der Waals surface area contributed by atoms with Crippen LogP contribution < -0.4 is 10.6 Å². The van der Waals surface area contributed by atoms with Gasteiger partial charge in [0.25, 0.3) is 0 Å². The molecule has 7 nitrogen and oxygen atoms in total. The van der Waals surface area contributed by atoms with Gasteiger partial charge in [0.15, 0.2) is 0 Å². The first kappa shape index (κ1) is 28.3. The summed E-state index contributed by atoms with van der Waals surface area (Å²) < 4.78 is 7.23. The van der Waals surface area contributed by atoms with Crippen molar-refractivity contribution in [3.8, 4) is 17.2 Å². The molecule has 0 radical (unpaired) electrons. The summed E-state index contributed by atoms with van der Waals surface area (Å²) in [4.78, 5) is 26.0. The molecule has 0 atom stereocenters. The fourth-order valence-corrected chi connectivity index (χ4v) is 5.58. The monoisotopic (exact) mass is 566 g/mol. The van der Waals surface area contributed by atoms with Gasteiger partial charge in [-0.15, -0.1) is 0 Å². The number of halogens is 1. The SMILES string of the molecule is CO[C@H]1CC[C@H](NC/C=C/C(=O)Nc2ccc(C(=O)c3ccc4c(-c5ccccc5Cl)cccn34)cc2C#N)CC1. The standard InChI is InChI=1S/C33H31ClN4O3/c1-41-25-13-11-24(12-14-25)36-18-4-9-32(39)37-29-15-10-22(20-23(29)21-35)33(40)31-17-16-30-27(7-5-19-38(30)31)26-6-2-3-8-28(26)34/h2-10,15-17,19-20,24-25,36H,11-14,18H2,1H3,(H,37,39)/b9-4+/t24-,25-. The van der Waals surface area contributed by atoms with Crippen LogP contribution in [0.5, 0.6) is 0 Å². The molecule has 8 heteroatoms. The summed E-state index contributed by atoms with van der Waals surface area (Å²) in [5.41, 5.74) is 4.01. The van der Waals surface area contributed by atoms with Crippen LogP contribution in [0.1, 0.15) is 47.3 Å². The number of nitrogens with zero attached hydrogens (tertiary/aromatic N) is 2. The molecule has 1 aliphatic rings. The van der Waals surface area contributed by atoms with E-state index in [1.165, 1.54) is 12.1 Å². The molecular weight excluding hydrogens is 536 g/mol. The maximum Gasteiger partial charge on any atom is 0.248 e. The number of aromatic nitrogens is 1. The second kappa shape index (κ2) is 13.0. The van der Waals surface area contributed by atoms with Crippen LogP contribution in [-0.2, 0) is 9.53 Å². The van der Waals surface area contributed by atoms with Gasteiger partial charge in [0.2, 0.25) is 11.7 Å². The minimum absolute atomic E-state index is 0.211. The predicted molar refractivity (Wildman–Crippen MR) is 161 cm³/mol. The number of rotatable bonds is 9. The number of pyridine rings is 1. The number of anilines is 1. The number of ether oxygens (including phenoxy) is 1. The Bertz CT molecular complexity index is 1640. The van der Waals surface area contributed by atoms with Gasteiger partial charge in [-0.2, -0.15) is 5.26 Å². The molecule has 1 fully saturated rings. The number of nitriles is 1. The number of nitrogens with one attached hydrogen (secondary N) is 2. The summed E-state index contributed by atoms with van der Waals surface area (Å²) in [7, 11) is 1.76. The maximum absolute atomic E-state index is 13.5. The van der Waals surface area contributed by atoms with Crippen molar-refractivity contribution in [2.75, 3.05) is 19.0 Å². The van der Waals surface area contributed by atoms with E-state index in [0.717, 1.165) is 42.3 Å². The molecule has 0 bridgehead atoms. The van der Waals surface area contributed by atoms with Crippen LogP contribution in [0.2, 0.25) is 5.02 Å². The molecule has 41 heavy (non-hydrogen) atoms. The van der Waals surface area contributed by atoms with Gasteiger partial charge in [0.05, 0.1) is 28.6 Å². The van der Waals surface area contributed by atoms with Gasteiger partial charge in [0, 0.05) is 53.7 Å². The Kier molecular flexibility index (Phi) is 8.95. The van der Waals surface area contributed by atoms with Crippen molar-refractivity contribution in [1.82, 2.24) is 9.72 Å². The summed E-state index contributed by atoms with van der Waals surface area (Å²) >= 11 is 6.44. The topological polar surface area (TPSA) is 95.6 Å². The fourth-order valence-electron chi connectivity index (χ4n) is 5.34. The van der Waals surface area contributed by atoms with Crippen LogP contribution in [0.25, 0.3) is 16.6 Å². The van der Waals surface area contributed by atoms with Crippen LogP contribution in [0.15, 0.2) is 85.1 Å². The van der Waals surface area contributed by atoms with Gasteiger partial charge in [-0.25, -0.2) is 0 Å². The molecule has 1 amide bonds. The zero-order valence-electron chi connectivity index (χ0n) is 22.8. The molecule has 2 aromatic carbocycles. The average Bonchev–Trinajstić information content (AvgIpc) is 3.44. The zero-order valence-corrected chi connectivity index (χ0v) is 23.5. The number of fused-ring (bicyclic) bond motifs is 1. The Balaban J connectivity index is 1.26. The highest BCUT2D eigenvalue weighted by atomic mass is 35.5. The van der Waals surface area contributed by atoms with Crippen LogP contribution in [-0.4, -0.2) is 41.9 Å². The normalized spacial score (nSPS) is 17.0. The number of ketones is 1. The molecule has 2 aromatic heterocycles. The quantitative estimate of drug-likeness (QED) is 0.180. The second-order valence-electron chi connectivity index (χ2n) is 10.1. The van der Waals surface area contributed by atoms with Crippen molar-refractivity contribution in [2.24, 2.45) is 0 Å². The Labute approximate surface area is 244 Å². The molecule has 0 unspecified atom stereocenters. The third kappa shape index (κ3) is 6.41. The Morgan fingerprint density at radius 2 is 1.83 bits per heavy atom. The molecule has 0 aliphatic heterocycles. The molecular formula is C33H31ClN4O3. The van der Waals surface area contributed by atoms with E-state index in [9.17, 15) is 14.9 Å². The van der Waals surface area contributed by atoms with E-state index in [-0.39, 0.29) is 17.3 Å². The van der Waals surface area contributed by atoms with Crippen molar-refractivity contribution >= 4 is 34.5 Å². The van der Waals surface area contributed by atoms with Gasteiger partial charge in [-0.05, 0) is 68.1 Å². The average molecular weight is 567 g/mol. The van der Waals surface area contributed by atoms with Crippen molar-refractivity contribution in [1.29, 1.82) is 5.26 Å². The van der Waals surface area contributed by atoms with Crippen LogP contribution >= 0.6 is 11.6 Å². The molecule has 0 saturated heterocycles. The minimum Gasteiger partial charge on any atom is -0.381 e. The number of amides is 1. The Hall–Kier alpha value is -4.22. The number of benzene rings is 2. The number of carbonyl (C=O) groups excluding carboxylic acids is 2. The maximum atomic E-state index is 13.5. The lowest BCUT2D eigenvalue weighted by atomic mass is 9.93. The zero-order chi connectivity index (χ0) is 28.8. The fraction of sp³-hybridized carbons (Fsp3) is 0.242. The highest BCUT2D eigenvalue weighted by molar-refractivity contribution is 6.33. The van der Waals surface area contributed by atoms with Gasteiger partial charge < -0.3 is 19.8 Å². The number of hydrogen-bond acceptors (Lipinski definition) is 5. The van der Waals surface area contributed by atoms with Gasteiger partial charge in [-0.3, -0.25) is 9.59 Å². The van der Waals surface area contributed by atoms with Crippen LogP contribution in [0.4, 0.5) is 5.69 Å². The first-order valence-electron chi connectivity index (χ1n) is 13.7. The molecule has 1 aliphatic carbocycles. The van der Waals surface area contributed by atoms with E-state index in [1.807, 2.05) is 53.1 Å². The number of methoxy groups -OCH3 is 1. The third-order valence-electron chi connectivity index (χ3n) is 7.55. The summed E-state index contributed by atoms with van der Waals surface area (Å²) in [5.74, 6) is -0.573. The van der Waals surface area contributed by atoms with E-state index in [4.69, 9.17) is 16.3 Å². The molecule has 2 N–H and O–H groups in total. The van der Waals surface area contributed by atoms with E-state index in [1.54, 1.807) is 31.4 Å². The van der Waals surface area contributed by atoms with Gasteiger partial charge in [0.1, 0.15) is 6.07 Å². The largest absolute Gasteiger partial charge is 0.381 e. The Morgan fingerprint density at radius 1 is 1.05 bits per heavy atom. The van der Waals surface area contributed by atoms with Gasteiger partial charge >= 0.3 is 0 Å². The van der Waals surface area contributed by atoms with Crippen molar-refractivity contribution in [3.63, 3.8) is 0 Å². The van der Waals surface area contributed by atoms with Crippen molar-refractivity contribution in [2.45, 2.75) is 37.8 Å². The summed E-state index contributed by atoms with van der Waals surface area (Å²) in [6.07, 6.45) is 9.59. The van der Waals surface area contributed by atoms with E-state index in [0.29, 0.717) is 40.7 Å².